The Balaban J connectivity index is 0.00000407. The Labute approximate surface area is 176 Å². The maximum Gasteiger partial charge on any atom is 0.416 e. The standard InChI is InChI=1S/C16H21F6N3O2S.C2H4/c1-14(2,3)25(27,28)24-12-9-10(16(20,21)22)5-6-11(12)13(26)23-8-4-7-15(17,18)19;1-2/h5-6,9,27-28H,4,7-8H2,1-3H3,(H-,23,24,26);1-2H2/p+1. The third kappa shape index (κ3) is 8.84. The van der Waals surface area contributed by atoms with Crippen LogP contribution in [0, 0.1) is 0 Å². The van der Waals surface area contributed by atoms with Crippen LogP contribution in [0.2, 0.25) is 0 Å². The predicted octanol–water partition coefficient (Wildman–Crippen LogP) is 5.76. The summed E-state index contributed by atoms with van der Waals surface area (Å²) in [6, 6.07) is 2.16. The van der Waals surface area contributed by atoms with E-state index in [1.807, 2.05) is 0 Å². The fraction of sp³-hybridized carbons (Fsp3) is 0.500. The average molecular weight is 462 g/mol. The van der Waals surface area contributed by atoms with Gasteiger partial charge in [0.2, 0.25) is 0 Å². The molecule has 1 amide bonds. The van der Waals surface area contributed by atoms with Crippen molar-refractivity contribution in [2.45, 2.75) is 51.5 Å². The van der Waals surface area contributed by atoms with Gasteiger partial charge in [0.1, 0.15) is 18.5 Å². The maximum atomic E-state index is 13.0. The molecule has 1 unspecified atom stereocenters. The molecule has 0 saturated heterocycles. The summed E-state index contributed by atoms with van der Waals surface area (Å²) < 4.78 is 74.2. The normalized spacial score (nSPS) is 14.2. The summed E-state index contributed by atoms with van der Waals surface area (Å²) in [6.45, 7) is 10.3. The lowest BCUT2D eigenvalue weighted by Crippen LogP contribution is -2.54. The van der Waals surface area contributed by atoms with E-state index in [-0.39, 0.29) is 24.2 Å². The van der Waals surface area contributed by atoms with Crippen LogP contribution in [0.25, 0.3) is 0 Å². The molecule has 0 radical (unpaired) electrons. The summed E-state index contributed by atoms with van der Waals surface area (Å²) in [5, 5.41) is 12.6. The van der Waals surface area contributed by atoms with Crippen molar-refractivity contribution < 1.29 is 40.5 Å². The Morgan fingerprint density at radius 1 is 1.13 bits per heavy atom. The van der Waals surface area contributed by atoms with Crippen LogP contribution in [0.3, 0.4) is 0 Å². The summed E-state index contributed by atoms with van der Waals surface area (Å²) in [7, 11) is 0. The molecule has 1 rings (SSSR count). The molecule has 0 fully saturated rings. The van der Waals surface area contributed by atoms with Crippen molar-refractivity contribution in [2.24, 2.45) is 0 Å². The van der Waals surface area contributed by atoms with Crippen LogP contribution in [0.5, 0.6) is 0 Å². The number of benzene rings is 1. The van der Waals surface area contributed by atoms with E-state index in [2.05, 4.69) is 36.7 Å². The quantitative estimate of drug-likeness (QED) is 0.109. The number of nitrogens with zero attached hydrogens (tertiary/aromatic N) is 1. The number of hydrogen-bond acceptors (Lipinski definition) is 4. The first kappa shape index (κ1) is 28.1. The van der Waals surface area contributed by atoms with Crippen LogP contribution in [0.4, 0.5) is 32.0 Å². The van der Waals surface area contributed by atoms with Crippen LogP contribution >= 0.6 is 12.8 Å². The predicted molar refractivity (Wildman–Crippen MR) is 105 cm³/mol. The number of carbonyl (C=O) groups excluding carboxylic acids is 1. The number of halogens is 6. The first-order chi connectivity index (χ1) is 13.4. The molecule has 172 valence electrons. The van der Waals surface area contributed by atoms with Gasteiger partial charge in [0.15, 0.2) is 5.54 Å². The van der Waals surface area contributed by atoms with Gasteiger partial charge in [0.05, 0.1) is 11.1 Å². The van der Waals surface area contributed by atoms with Crippen molar-refractivity contribution in [3.05, 3.63) is 42.5 Å². The van der Waals surface area contributed by atoms with E-state index in [4.69, 9.17) is 0 Å². The molecule has 0 spiro atoms. The summed E-state index contributed by atoms with van der Waals surface area (Å²) in [5.41, 5.74) is -0.390. The number of alkyl halides is 6. The van der Waals surface area contributed by atoms with Crippen molar-refractivity contribution >= 4 is 24.4 Å². The molecule has 30 heavy (non-hydrogen) atoms. The molecule has 0 aliphatic carbocycles. The first-order valence-electron chi connectivity index (χ1n) is 8.63. The molecule has 0 aliphatic rings. The summed E-state index contributed by atoms with van der Waals surface area (Å²) in [6.07, 6.45) is -10.6. The largest absolute Gasteiger partial charge is 0.416 e. The van der Waals surface area contributed by atoms with Crippen LogP contribution in [0.1, 0.15) is 49.5 Å². The molecular weight excluding hydrogens is 436 g/mol. The summed E-state index contributed by atoms with van der Waals surface area (Å²) in [4.78, 5) is 12.3. The second-order valence-corrected chi connectivity index (χ2v) is 7.70. The van der Waals surface area contributed by atoms with Crippen molar-refractivity contribution in [3.63, 3.8) is 0 Å². The number of hydrogen-bond donors (Lipinski definition) is 4. The third-order valence-electron chi connectivity index (χ3n) is 3.73. The van der Waals surface area contributed by atoms with Gasteiger partial charge in [0, 0.05) is 13.0 Å². The van der Waals surface area contributed by atoms with Crippen molar-refractivity contribution in [2.75, 3.05) is 12.0 Å². The highest BCUT2D eigenvalue weighted by Gasteiger charge is 2.40. The first-order valence-corrected chi connectivity index (χ1v) is 9.03. The van der Waals surface area contributed by atoms with Gasteiger partial charge in [-0.2, -0.15) is 37.0 Å². The molecule has 0 saturated carbocycles. The smallest absolute Gasteiger partial charge is 0.352 e. The highest BCUT2D eigenvalue weighted by atomic mass is 32.1. The number of amides is 1. The SMILES string of the molecule is C=C.CC(C)(C)[N+](O)(S)Nc1cc(C(F)(F)F)ccc1C(=O)NCCCC(F)(F)F. The van der Waals surface area contributed by atoms with Gasteiger partial charge in [-0.3, -0.25) is 4.79 Å². The minimum Gasteiger partial charge on any atom is -0.352 e. The molecule has 0 aliphatic heterocycles. The number of thiol groups is 1. The van der Waals surface area contributed by atoms with Gasteiger partial charge in [-0.05, 0) is 49.6 Å². The highest BCUT2D eigenvalue weighted by molar-refractivity contribution is 7.74. The van der Waals surface area contributed by atoms with Crippen molar-refractivity contribution in [1.82, 2.24) is 5.32 Å². The highest BCUT2D eigenvalue weighted by Crippen LogP contribution is 2.34. The lowest BCUT2D eigenvalue weighted by molar-refractivity contribution is -1.01. The molecule has 0 bridgehead atoms. The zero-order valence-electron chi connectivity index (χ0n) is 16.8. The van der Waals surface area contributed by atoms with Crippen LogP contribution in [0.15, 0.2) is 31.4 Å². The van der Waals surface area contributed by atoms with E-state index < -0.39 is 39.9 Å². The molecule has 1 aromatic rings. The molecular formula is C18H26F6N3O2S+. The van der Waals surface area contributed by atoms with Crippen LogP contribution < -0.4 is 10.7 Å². The number of rotatable bonds is 6. The number of nitrogens with one attached hydrogen (secondary N) is 2. The fourth-order valence-electron chi connectivity index (χ4n) is 1.93. The second kappa shape index (κ2) is 10.4. The zero-order valence-corrected chi connectivity index (χ0v) is 17.7. The Bertz CT molecular complexity index is 715. The molecule has 1 aromatic carbocycles. The maximum absolute atomic E-state index is 13.0. The Kier molecular flexibility index (Phi) is 9.74. The second-order valence-electron chi connectivity index (χ2n) is 7.12. The number of carbonyl (C=O) groups is 1. The van der Waals surface area contributed by atoms with E-state index in [0.717, 1.165) is 6.07 Å². The van der Waals surface area contributed by atoms with Gasteiger partial charge in [0.25, 0.3) is 5.91 Å². The Morgan fingerprint density at radius 2 is 1.67 bits per heavy atom. The Morgan fingerprint density at radius 3 is 2.10 bits per heavy atom. The zero-order chi connectivity index (χ0) is 24.0. The van der Waals surface area contributed by atoms with Gasteiger partial charge in [-0.15, -0.1) is 13.2 Å². The molecule has 12 heteroatoms. The average Bonchev–Trinajstić information content (AvgIpc) is 2.57. The summed E-state index contributed by atoms with van der Waals surface area (Å²) >= 11 is 3.96. The number of anilines is 1. The minimum atomic E-state index is -4.71. The molecule has 1 atom stereocenters. The van der Waals surface area contributed by atoms with Gasteiger partial charge < -0.3 is 5.32 Å². The number of hydroxylamine groups is 1. The van der Waals surface area contributed by atoms with E-state index in [1.165, 1.54) is 20.8 Å². The van der Waals surface area contributed by atoms with E-state index in [9.17, 15) is 36.3 Å². The topological polar surface area (TPSA) is 61.4 Å². The fourth-order valence-corrected chi connectivity index (χ4v) is 2.04. The molecule has 5 nitrogen and oxygen atoms in total. The Hall–Kier alpha value is -1.92. The molecule has 3 N–H and O–H groups in total. The van der Waals surface area contributed by atoms with Gasteiger partial charge in [-0.1, -0.05) is 0 Å². The summed E-state index contributed by atoms with van der Waals surface area (Å²) in [5.74, 6) is -0.888. The van der Waals surface area contributed by atoms with Crippen molar-refractivity contribution in [3.8, 4) is 0 Å². The van der Waals surface area contributed by atoms with Crippen LogP contribution in [-0.2, 0) is 6.18 Å². The third-order valence-corrected chi connectivity index (χ3v) is 4.43. The van der Waals surface area contributed by atoms with E-state index in [0.29, 0.717) is 12.1 Å². The molecule has 0 heterocycles. The van der Waals surface area contributed by atoms with Gasteiger partial charge >= 0.3 is 12.4 Å². The van der Waals surface area contributed by atoms with Gasteiger partial charge in [-0.25, -0.2) is 0 Å². The minimum absolute atomic E-state index is 0.283. The van der Waals surface area contributed by atoms with E-state index in [1.54, 1.807) is 0 Å². The van der Waals surface area contributed by atoms with E-state index >= 15 is 0 Å². The lowest BCUT2D eigenvalue weighted by atomic mass is 10.1. The van der Waals surface area contributed by atoms with Crippen molar-refractivity contribution in [1.29, 1.82) is 0 Å². The van der Waals surface area contributed by atoms with Crippen LogP contribution in [-0.4, -0.2) is 33.5 Å². The lowest BCUT2D eigenvalue weighted by Gasteiger charge is -2.35. The number of quaternary nitrogens is 1. The monoisotopic (exact) mass is 462 g/mol. The molecule has 0 aromatic heterocycles.